The van der Waals surface area contributed by atoms with Crippen molar-refractivity contribution in [2.75, 3.05) is 39.4 Å². The van der Waals surface area contributed by atoms with Gasteiger partial charge in [-0.2, -0.15) is 0 Å². The highest BCUT2D eigenvalue weighted by Crippen LogP contribution is 2.32. The van der Waals surface area contributed by atoms with Crippen LogP contribution in [-0.2, 0) is 20.9 Å². The molecule has 0 saturated carbocycles. The number of fused-ring (bicyclic) bond motifs is 1. The number of aromatic nitrogens is 1. The first-order valence-corrected chi connectivity index (χ1v) is 14.0. The lowest BCUT2D eigenvalue weighted by Gasteiger charge is -2.35. The molecule has 0 radical (unpaired) electrons. The summed E-state index contributed by atoms with van der Waals surface area (Å²) in [7, 11) is 0. The maximum atomic E-state index is 14.1. The van der Waals surface area contributed by atoms with E-state index in [0.717, 1.165) is 33.3 Å². The number of carbonyl (C=O) groups is 3. The number of nitrogens with zero attached hydrogens (tertiary/aromatic N) is 3. The highest BCUT2D eigenvalue weighted by molar-refractivity contribution is 6.09. The van der Waals surface area contributed by atoms with Crippen LogP contribution in [0, 0.1) is 0 Å². The summed E-state index contributed by atoms with van der Waals surface area (Å²) < 4.78 is 4.99. The molecule has 4 aromatic rings. The molecule has 1 aliphatic heterocycles. The molecule has 9 heteroatoms. The van der Waals surface area contributed by atoms with E-state index in [1.54, 1.807) is 4.90 Å². The average Bonchev–Trinajstić information content (AvgIpc) is 3.01. The van der Waals surface area contributed by atoms with E-state index in [2.05, 4.69) is 10.2 Å². The summed E-state index contributed by atoms with van der Waals surface area (Å²) in [6.45, 7) is 3.82. The molecule has 1 aromatic heterocycles. The highest BCUT2D eigenvalue weighted by atomic mass is 16.5. The van der Waals surface area contributed by atoms with Gasteiger partial charge in [-0.15, -0.1) is 0 Å². The van der Waals surface area contributed by atoms with Crippen molar-refractivity contribution in [2.24, 2.45) is 0 Å². The van der Waals surface area contributed by atoms with Crippen molar-refractivity contribution in [3.63, 3.8) is 0 Å². The summed E-state index contributed by atoms with van der Waals surface area (Å²) in [6.07, 6.45) is 0. The Balaban J connectivity index is 1.46. The minimum atomic E-state index is -1.11. The van der Waals surface area contributed by atoms with Crippen molar-refractivity contribution < 1.29 is 24.2 Å². The SMILES string of the molecule is C[C@H](NC(=O)c1c(CN2CCN(C(=O)COCC(=O)O)CC2)c(-c2ccccc2)nc2ccccc12)c1ccccc1. The number of ether oxygens (including phenoxy) is 1. The molecule has 42 heavy (non-hydrogen) atoms. The first-order chi connectivity index (χ1) is 20.4. The molecule has 0 aliphatic carbocycles. The Kier molecular flexibility index (Phi) is 9.21. The van der Waals surface area contributed by atoms with Crippen molar-refractivity contribution in [2.45, 2.75) is 19.5 Å². The number of hydrogen-bond donors (Lipinski definition) is 2. The fourth-order valence-electron chi connectivity index (χ4n) is 5.29. The number of carboxylic acid groups (broad SMARTS) is 1. The topological polar surface area (TPSA) is 112 Å². The van der Waals surface area contributed by atoms with E-state index in [-0.39, 0.29) is 24.5 Å². The van der Waals surface area contributed by atoms with Crippen molar-refractivity contribution in [3.8, 4) is 11.3 Å². The molecule has 1 saturated heterocycles. The maximum Gasteiger partial charge on any atom is 0.329 e. The number of rotatable bonds is 10. The Morgan fingerprint density at radius 1 is 0.881 bits per heavy atom. The number of hydrogen-bond acceptors (Lipinski definition) is 6. The molecule has 5 rings (SSSR count). The second-order valence-electron chi connectivity index (χ2n) is 10.3. The van der Waals surface area contributed by atoms with E-state index < -0.39 is 12.6 Å². The van der Waals surface area contributed by atoms with Crippen LogP contribution in [0.25, 0.3) is 22.2 Å². The number of carbonyl (C=O) groups excluding carboxylic acids is 2. The van der Waals surface area contributed by atoms with Gasteiger partial charge in [0.2, 0.25) is 5.91 Å². The van der Waals surface area contributed by atoms with E-state index in [1.165, 1.54) is 0 Å². The fourth-order valence-corrected chi connectivity index (χ4v) is 5.29. The molecular weight excluding hydrogens is 532 g/mol. The normalized spacial score (nSPS) is 14.5. The molecule has 0 spiro atoms. The third kappa shape index (κ3) is 6.82. The summed E-state index contributed by atoms with van der Waals surface area (Å²) in [5.41, 5.74) is 4.88. The molecule has 3 aromatic carbocycles. The quantitative estimate of drug-likeness (QED) is 0.297. The minimum absolute atomic E-state index is 0.165. The molecule has 2 N–H and O–H groups in total. The van der Waals surface area contributed by atoms with Crippen LogP contribution < -0.4 is 5.32 Å². The van der Waals surface area contributed by atoms with Gasteiger partial charge in [0.1, 0.15) is 13.2 Å². The van der Waals surface area contributed by atoms with Crippen LogP contribution in [0.15, 0.2) is 84.9 Å². The Morgan fingerprint density at radius 3 is 2.21 bits per heavy atom. The summed E-state index contributed by atoms with van der Waals surface area (Å²) in [5.74, 6) is -1.51. The third-order valence-electron chi connectivity index (χ3n) is 7.47. The van der Waals surface area contributed by atoms with Crippen molar-refractivity contribution in [3.05, 3.63) is 102 Å². The largest absolute Gasteiger partial charge is 0.480 e. The maximum absolute atomic E-state index is 14.1. The average molecular weight is 567 g/mol. The van der Waals surface area contributed by atoms with Gasteiger partial charge in [-0.1, -0.05) is 78.9 Å². The Bertz CT molecular complexity index is 1550. The van der Waals surface area contributed by atoms with E-state index in [9.17, 15) is 14.4 Å². The van der Waals surface area contributed by atoms with Gasteiger partial charge < -0.3 is 20.1 Å². The van der Waals surface area contributed by atoms with Crippen molar-refractivity contribution in [1.82, 2.24) is 20.1 Å². The second-order valence-corrected chi connectivity index (χ2v) is 10.3. The van der Waals surface area contributed by atoms with Crippen LogP contribution in [0.2, 0.25) is 0 Å². The van der Waals surface area contributed by atoms with Crippen molar-refractivity contribution >= 4 is 28.7 Å². The number of benzene rings is 3. The first-order valence-electron chi connectivity index (χ1n) is 14.0. The zero-order valence-corrected chi connectivity index (χ0v) is 23.5. The van der Waals surface area contributed by atoms with Crippen LogP contribution >= 0.6 is 0 Å². The number of amides is 2. The number of para-hydroxylation sites is 1. The zero-order valence-electron chi connectivity index (χ0n) is 23.5. The second kappa shape index (κ2) is 13.4. The van der Waals surface area contributed by atoms with Gasteiger partial charge in [-0.3, -0.25) is 14.5 Å². The van der Waals surface area contributed by atoms with Crippen LogP contribution in [0.5, 0.6) is 0 Å². The number of piperazine rings is 1. The summed E-state index contributed by atoms with van der Waals surface area (Å²) >= 11 is 0. The van der Waals surface area contributed by atoms with Crippen LogP contribution in [-0.4, -0.2) is 77.1 Å². The summed E-state index contributed by atoms with van der Waals surface area (Å²) in [5, 5.41) is 12.8. The molecule has 2 amide bonds. The standard InChI is InChI=1S/C33H34N4O5/c1-23(24-10-4-2-5-11-24)34-33(41)31-26-14-8-9-15-28(26)35-32(25-12-6-3-7-13-25)27(31)20-36-16-18-37(19-17-36)29(38)21-42-22-30(39)40/h2-15,23H,16-22H2,1H3,(H,34,41)(H,39,40)/t23-/m0/s1. The van der Waals surface area contributed by atoms with Gasteiger partial charge in [0.15, 0.2) is 0 Å². The molecular formula is C33H34N4O5. The summed E-state index contributed by atoms with van der Waals surface area (Å²) in [4.78, 5) is 46.3. The van der Waals surface area contributed by atoms with Gasteiger partial charge in [0.25, 0.3) is 5.91 Å². The lowest BCUT2D eigenvalue weighted by Crippen LogP contribution is -2.49. The highest BCUT2D eigenvalue weighted by Gasteiger charge is 2.27. The Labute approximate surface area is 244 Å². The molecule has 9 nitrogen and oxygen atoms in total. The molecule has 2 heterocycles. The molecule has 0 unspecified atom stereocenters. The first kappa shape index (κ1) is 28.9. The number of aliphatic carboxylic acids is 1. The van der Waals surface area contributed by atoms with E-state index in [0.29, 0.717) is 38.3 Å². The predicted molar refractivity (Wildman–Crippen MR) is 160 cm³/mol. The van der Waals surface area contributed by atoms with Gasteiger partial charge in [0.05, 0.1) is 22.8 Å². The smallest absolute Gasteiger partial charge is 0.329 e. The molecule has 1 fully saturated rings. The van der Waals surface area contributed by atoms with Crippen LogP contribution in [0.3, 0.4) is 0 Å². The van der Waals surface area contributed by atoms with Crippen LogP contribution in [0.4, 0.5) is 0 Å². The Morgan fingerprint density at radius 2 is 1.52 bits per heavy atom. The lowest BCUT2D eigenvalue weighted by molar-refractivity contribution is -0.146. The fraction of sp³-hybridized carbons (Fsp3) is 0.273. The lowest BCUT2D eigenvalue weighted by atomic mass is 9.95. The zero-order chi connectivity index (χ0) is 29.5. The monoisotopic (exact) mass is 566 g/mol. The van der Waals surface area contributed by atoms with Gasteiger partial charge in [-0.05, 0) is 18.6 Å². The van der Waals surface area contributed by atoms with Gasteiger partial charge in [0, 0.05) is 49.2 Å². The number of carboxylic acids is 1. The Hall–Kier alpha value is -4.60. The van der Waals surface area contributed by atoms with E-state index in [1.807, 2.05) is 91.9 Å². The minimum Gasteiger partial charge on any atom is -0.480 e. The molecule has 1 atom stereocenters. The van der Waals surface area contributed by atoms with E-state index >= 15 is 0 Å². The number of nitrogens with one attached hydrogen (secondary N) is 1. The predicted octanol–water partition coefficient (Wildman–Crippen LogP) is 4.14. The third-order valence-corrected chi connectivity index (χ3v) is 7.47. The van der Waals surface area contributed by atoms with Crippen LogP contribution in [0.1, 0.15) is 34.5 Å². The van der Waals surface area contributed by atoms with Gasteiger partial charge in [-0.25, -0.2) is 9.78 Å². The summed E-state index contributed by atoms with van der Waals surface area (Å²) in [6, 6.07) is 27.3. The molecule has 1 aliphatic rings. The molecule has 0 bridgehead atoms. The van der Waals surface area contributed by atoms with Crippen molar-refractivity contribution in [1.29, 1.82) is 0 Å². The number of pyridine rings is 1. The molecule has 216 valence electrons. The van der Waals surface area contributed by atoms with Gasteiger partial charge >= 0.3 is 5.97 Å². The van der Waals surface area contributed by atoms with E-state index in [4.69, 9.17) is 14.8 Å².